The molecule has 0 saturated heterocycles. The highest BCUT2D eigenvalue weighted by Gasteiger charge is 2.15. The highest BCUT2D eigenvalue weighted by Crippen LogP contribution is 2.21. The molecule has 2 aromatic rings. The molecule has 0 aliphatic carbocycles. The number of carbonyl (C=O) groups is 1. The van der Waals surface area contributed by atoms with E-state index in [9.17, 15) is 4.79 Å². The van der Waals surface area contributed by atoms with E-state index in [-0.39, 0.29) is 11.4 Å². The molecule has 1 aromatic carbocycles. The topological polar surface area (TPSA) is 63.2 Å². The summed E-state index contributed by atoms with van der Waals surface area (Å²) in [6.07, 6.45) is 0.757. The number of hydrogen-bond acceptors (Lipinski definition) is 3. The molecule has 2 N–H and O–H groups in total. The van der Waals surface area contributed by atoms with Crippen molar-refractivity contribution < 1.29 is 9.53 Å². The number of aromatic nitrogens is 1. The molecule has 2 rings (SSSR count). The number of rotatable bonds is 5. The number of nitrogens with one attached hydrogen (secondary N) is 2. The molecule has 0 saturated carbocycles. The van der Waals surface area contributed by atoms with Crippen molar-refractivity contribution in [1.29, 1.82) is 0 Å². The molecule has 0 bridgehead atoms. The molecule has 0 fully saturated rings. The summed E-state index contributed by atoms with van der Waals surface area (Å²) in [5.74, 6) is 1.39. The molecule has 128 valence electrons. The number of anilines is 1. The first-order chi connectivity index (χ1) is 11.4. The van der Waals surface area contributed by atoms with Gasteiger partial charge in [-0.15, -0.1) is 0 Å². The van der Waals surface area contributed by atoms with Crippen LogP contribution in [0.15, 0.2) is 42.5 Å². The molecule has 24 heavy (non-hydrogen) atoms. The average molecular weight is 327 g/mol. The fraction of sp³-hybridized carbons (Fsp3) is 0.368. The molecule has 1 heterocycles. The Balaban J connectivity index is 1.83. The molecule has 0 aliphatic rings. The number of carbonyl (C=O) groups excluding carboxylic acids is 1. The van der Waals surface area contributed by atoms with Gasteiger partial charge in [-0.2, -0.15) is 0 Å². The van der Waals surface area contributed by atoms with Crippen molar-refractivity contribution >= 4 is 11.8 Å². The van der Waals surface area contributed by atoms with Crippen LogP contribution in [0.4, 0.5) is 10.6 Å². The number of hydrogen-bond donors (Lipinski definition) is 2. The lowest BCUT2D eigenvalue weighted by Gasteiger charge is -2.18. The predicted molar refractivity (Wildman–Crippen MR) is 96.7 cm³/mol. The number of methoxy groups -OCH3 is 1. The van der Waals surface area contributed by atoms with Crippen LogP contribution in [0, 0.1) is 0 Å². The molecule has 0 radical (unpaired) electrons. The highest BCUT2D eigenvalue weighted by molar-refractivity contribution is 5.88. The van der Waals surface area contributed by atoms with Gasteiger partial charge >= 0.3 is 6.03 Å². The van der Waals surface area contributed by atoms with Gasteiger partial charge in [-0.25, -0.2) is 9.78 Å². The maximum Gasteiger partial charge on any atom is 0.320 e. The summed E-state index contributed by atoms with van der Waals surface area (Å²) < 4.78 is 5.13. The fourth-order valence-corrected chi connectivity index (χ4v) is 2.20. The largest absolute Gasteiger partial charge is 0.497 e. The van der Waals surface area contributed by atoms with Crippen molar-refractivity contribution in [2.24, 2.45) is 0 Å². The Hall–Kier alpha value is -2.56. The summed E-state index contributed by atoms with van der Waals surface area (Å²) in [5.41, 5.74) is 2.03. The third kappa shape index (κ3) is 5.26. The highest BCUT2D eigenvalue weighted by atomic mass is 16.5. The molecule has 0 aliphatic heterocycles. The zero-order valence-electron chi connectivity index (χ0n) is 14.7. The van der Waals surface area contributed by atoms with E-state index in [0.717, 1.165) is 23.4 Å². The standard InChI is InChI=1S/C19H25N3O2/c1-19(2,3)16-6-5-7-17(21-16)22-18(23)20-13-12-14-8-10-15(24-4)11-9-14/h5-11H,12-13H2,1-4H3,(H2,20,21,22,23). The smallest absolute Gasteiger partial charge is 0.320 e. The van der Waals surface area contributed by atoms with E-state index >= 15 is 0 Å². The van der Waals surface area contributed by atoms with Gasteiger partial charge in [-0.05, 0) is 36.2 Å². The van der Waals surface area contributed by atoms with Crippen LogP contribution in [0.2, 0.25) is 0 Å². The lowest BCUT2D eigenvalue weighted by atomic mass is 9.92. The van der Waals surface area contributed by atoms with Crippen molar-refractivity contribution in [3.63, 3.8) is 0 Å². The van der Waals surface area contributed by atoms with Crippen LogP contribution >= 0.6 is 0 Å². The molecule has 5 nitrogen and oxygen atoms in total. The number of ether oxygens (including phenoxy) is 1. The van der Waals surface area contributed by atoms with Crippen LogP contribution in [-0.2, 0) is 11.8 Å². The van der Waals surface area contributed by atoms with Crippen molar-refractivity contribution in [2.75, 3.05) is 19.0 Å². The molecule has 0 unspecified atom stereocenters. The molecule has 2 amide bonds. The van der Waals surface area contributed by atoms with E-state index in [0.29, 0.717) is 12.4 Å². The van der Waals surface area contributed by atoms with Gasteiger partial charge in [0.25, 0.3) is 0 Å². The molecular weight excluding hydrogens is 302 g/mol. The third-order valence-electron chi connectivity index (χ3n) is 3.62. The molecule has 0 atom stereocenters. The molecule has 0 spiro atoms. The third-order valence-corrected chi connectivity index (χ3v) is 3.62. The summed E-state index contributed by atoms with van der Waals surface area (Å²) in [6, 6.07) is 13.2. The van der Waals surface area contributed by atoms with Gasteiger partial charge in [-0.1, -0.05) is 39.0 Å². The monoisotopic (exact) mass is 327 g/mol. The fourth-order valence-electron chi connectivity index (χ4n) is 2.20. The lowest BCUT2D eigenvalue weighted by Crippen LogP contribution is -2.31. The zero-order chi connectivity index (χ0) is 17.6. The van der Waals surface area contributed by atoms with Crippen molar-refractivity contribution in [3.8, 4) is 5.75 Å². The minimum atomic E-state index is -0.248. The normalized spacial score (nSPS) is 11.0. The number of urea groups is 1. The van der Waals surface area contributed by atoms with E-state index in [1.807, 2.05) is 36.4 Å². The zero-order valence-corrected chi connectivity index (χ0v) is 14.7. The minimum absolute atomic E-state index is 0.0530. The second-order valence-corrected chi connectivity index (χ2v) is 6.64. The quantitative estimate of drug-likeness (QED) is 0.879. The Labute approximate surface area is 143 Å². The first kappa shape index (κ1) is 17.8. The van der Waals surface area contributed by atoms with Gasteiger partial charge in [0.05, 0.1) is 7.11 Å². The van der Waals surface area contributed by atoms with Crippen LogP contribution in [0.25, 0.3) is 0 Å². The van der Waals surface area contributed by atoms with E-state index < -0.39 is 0 Å². The Kier molecular flexibility index (Phi) is 5.79. The second kappa shape index (κ2) is 7.81. The summed E-state index contributed by atoms with van der Waals surface area (Å²) >= 11 is 0. The second-order valence-electron chi connectivity index (χ2n) is 6.64. The Bertz CT molecular complexity index is 676. The van der Waals surface area contributed by atoms with Gasteiger partial charge in [0.2, 0.25) is 0 Å². The van der Waals surface area contributed by atoms with Gasteiger partial charge in [0.15, 0.2) is 0 Å². The average Bonchev–Trinajstić information content (AvgIpc) is 2.55. The first-order valence-electron chi connectivity index (χ1n) is 8.04. The van der Waals surface area contributed by atoms with Gasteiger partial charge in [-0.3, -0.25) is 5.32 Å². The maximum atomic E-state index is 12.0. The number of pyridine rings is 1. The summed E-state index contributed by atoms with van der Waals surface area (Å²) in [6.45, 7) is 6.83. The Morgan fingerprint density at radius 3 is 2.46 bits per heavy atom. The molecule has 1 aromatic heterocycles. The Morgan fingerprint density at radius 1 is 1.12 bits per heavy atom. The van der Waals surface area contributed by atoms with Crippen molar-refractivity contribution in [2.45, 2.75) is 32.6 Å². The number of nitrogens with zero attached hydrogens (tertiary/aromatic N) is 1. The van der Waals surface area contributed by atoms with E-state index in [4.69, 9.17) is 4.74 Å². The van der Waals surface area contributed by atoms with Crippen LogP contribution in [-0.4, -0.2) is 24.7 Å². The van der Waals surface area contributed by atoms with E-state index in [1.54, 1.807) is 13.2 Å². The van der Waals surface area contributed by atoms with Crippen LogP contribution in [0.5, 0.6) is 5.75 Å². The van der Waals surface area contributed by atoms with E-state index in [1.165, 1.54) is 0 Å². The SMILES string of the molecule is COc1ccc(CCNC(=O)Nc2cccc(C(C)(C)C)n2)cc1. The first-order valence-corrected chi connectivity index (χ1v) is 8.04. The van der Waals surface area contributed by atoms with Crippen molar-refractivity contribution in [1.82, 2.24) is 10.3 Å². The number of benzene rings is 1. The minimum Gasteiger partial charge on any atom is -0.497 e. The molecule has 5 heteroatoms. The van der Waals surface area contributed by atoms with Crippen molar-refractivity contribution in [3.05, 3.63) is 53.7 Å². The summed E-state index contributed by atoms with van der Waals surface area (Å²) in [4.78, 5) is 16.5. The predicted octanol–water partition coefficient (Wildman–Crippen LogP) is 3.75. The van der Waals surface area contributed by atoms with E-state index in [2.05, 4.69) is 36.4 Å². The van der Waals surface area contributed by atoms with Gasteiger partial charge in [0.1, 0.15) is 11.6 Å². The van der Waals surface area contributed by atoms with Gasteiger partial charge < -0.3 is 10.1 Å². The van der Waals surface area contributed by atoms with Gasteiger partial charge in [0, 0.05) is 17.7 Å². The molecular formula is C19H25N3O2. The maximum absolute atomic E-state index is 12.0. The van der Waals surface area contributed by atoms with Crippen LogP contribution < -0.4 is 15.4 Å². The summed E-state index contributed by atoms with van der Waals surface area (Å²) in [7, 11) is 1.64. The summed E-state index contributed by atoms with van der Waals surface area (Å²) in [5, 5.41) is 5.62. The Morgan fingerprint density at radius 2 is 1.83 bits per heavy atom. The van der Waals surface area contributed by atoms with Crippen LogP contribution in [0.3, 0.4) is 0 Å². The number of amides is 2. The lowest BCUT2D eigenvalue weighted by molar-refractivity contribution is 0.252. The van der Waals surface area contributed by atoms with Crippen LogP contribution in [0.1, 0.15) is 32.0 Å².